The molecule has 0 aliphatic carbocycles. The molecule has 15 atom stereocenters. The molecule has 6 aromatic carbocycles. The fraction of sp³-hybridized carbons (Fsp3) is 0.387. The Morgan fingerprint density at radius 1 is 0.346 bits per heavy atom. The van der Waals surface area contributed by atoms with Gasteiger partial charge in [0.25, 0.3) is 0 Å². The predicted molar refractivity (Wildman–Crippen MR) is 284 cm³/mol. The summed E-state index contributed by atoms with van der Waals surface area (Å²) in [7, 11) is 0. The van der Waals surface area contributed by atoms with E-state index in [0.29, 0.717) is 0 Å². The van der Waals surface area contributed by atoms with Gasteiger partial charge in [-0.1, -0.05) is 182 Å². The topological polar surface area (TPSA) is 185 Å². The number of hydrogen-bond acceptors (Lipinski definition) is 16. The summed E-state index contributed by atoms with van der Waals surface area (Å²) in [5.41, 5.74) is 5.40. The smallest absolute Gasteiger partial charge is 0.187 e. The second-order valence-electron chi connectivity index (χ2n) is 19.8. The highest BCUT2D eigenvalue weighted by Gasteiger charge is 2.55. The van der Waals surface area contributed by atoms with Crippen LogP contribution in [0.1, 0.15) is 33.4 Å². The number of benzene rings is 6. The van der Waals surface area contributed by atoms with Gasteiger partial charge in [0.05, 0.1) is 59.5 Å². The lowest BCUT2D eigenvalue weighted by Gasteiger charge is -2.50. The SMILES string of the molecule is OCC1OC(OCC2OC(OC3C(COCc4ccccc4)OC(OCc4ccccc4)C(OCc4ccccc4)C3OCc3ccccc3)C(OCc3ccccc3)C(OCc3ccccc3)C2O)C(N2C=C2)C(O)C1O. The summed E-state index contributed by atoms with van der Waals surface area (Å²) in [6.07, 6.45) is -12.5. The maximum absolute atomic E-state index is 12.6. The molecule has 78 heavy (non-hydrogen) atoms. The second kappa shape index (κ2) is 27.9. The van der Waals surface area contributed by atoms with Crippen molar-refractivity contribution in [2.24, 2.45) is 0 Å². The zero-order chi connectivity index (χ0) is 53.5. The van der Waals surface area contributed by atoms with E-state index in [9.17, 15) is 20.4 Å². The molecule has 0 saturated carbocycles. The largest absolute Gasteiger partial charge is 0.394 e. The van der Waals surface area contributed by atoms with Crippen LogP contribution >= 0.6 is 0 Å². The van der Waals surface area contributed by atoms with Gasteiger partial charge in [0.1, 0.15) is 73.2 Å². The third-order valence-corrected chi connectivity index (χ3v) is 14.2. The summed E-state index contributed by atoms with van der Waals surface area (Å²) >= 11 is 0. The van der Waals surface area contributed by atoms with Gasteiger partial charge < -0.3 is 77.4 Å². The summed E-state index contributed by atoms with van der Waals surface area (Å²) in [4.78, 5) is 1.67. The van der Waals surface area contributed by atoms with Gasteiger partial charge in [0.2, 0.25) is 0 Å². The van der Waals surface area contributed by atoms with Crippen LogP contribution in [0.4, 0.5) is 0 Å². The molecule has 6 aromatic rings. The highest BCUT2D eigenvalue weighted by molar-refractivity contribution is 5.19. The zero-order valence-electron chi connectivity index (χ0n) is 43.2. The first kappa shape index (κ1) is 55.6. The van der Waals surface area contributed by atoms with E-state index in [-0.39, 0.29) is 52.9 Å². The number of ether oxygens (including phenoxy) is 11. The predicted octanol–water partition coefficient (Wildman–Crippen LogP) is 6.57. The molecule has 0 radical (unpaired) electrons. The number of hydrogen-bond donors (Lipinski definition) is 4. The summed E-state index contributed by atoms with van der Waals surface area (Å²) in [6, 6.07) is 57.6. The molecular formula is C62H69NO15. The molecule has 3 fully saturated rings. The van der Waals surface area contributed by atoms with Crippen molar-refractivity contribution >= 4 is 0 Å². The number of aliphatic hydroxyl groups is 4. The first-order chi connectivity index (χ1) is 38.4. The number of rotatable bonds is 26. The van der Waals surface area contributed by atoms with E-state index in [1.165, 1.54) is 0 Å². The Hall–Kier alpha value is -5.74. The van der Waals surface area contributed by atoms with Crippen molar-refractivity contribution in [3.63, 3.8) is 0 Å². The van der Waals surface area contributed by atoms with E-state index in [1.807, 2.05) is 182 Å². The summed E-state index contributed by atoms with van der Waals surface area (Å²) in [5.74, 6) is 0. The molecule has 4 N–H and O–H groups in total. The molecule has 15 unspecified atom stereocenters. The number of nitrogens with zero attached hydrogens (tertiary/aromatic N) is 1. The molecule has 16 nitrogen and oxygen atoms in total. The normalized spacial score (nSPS) is 29.8. The lowest BCUT2D eigenvalue weighted by Crippen LogP contribution is -2.66. The highest BCUT2D eigenvalue weighted by atomic mass is 16.8. The van der Waals surface area contributed by atoms with Crippen molar-refractivity contribution in [1.29, 1.82) is 0 Å². The Morgan fingerprint density at radius 2 is 0.744 bits per heavy atom. The van der Waals surface area contributed by atoms with E-state index in [1.54, 1.807) is 17.3 Å². The quantitative estimate of drug-likeness (QED) is 0.0457. The van der Waals surface area contributed by atoms with Crippen molar-refractivity contribution in [2.45, 2.75) is 132 Å². The Bertz CT molecular complexity index is 2680. The lowest BCUT2D eigenvalue weighted by atomic mass is 9.95. The Kier molecular flexibility index (Phi) is 19.9. The van der Waals surface area contributed by atoms with Crippen molar-refractivity contribution in [3.05, 3.63) is 228 Å². The van der Waals surface area contributed by atoms with Crippen LogP contribution in [0.3, 0.4) is 0 Å². The molecule has 3 saturated heterocycles. The van der Waals surface area contributed by atoms with E-state index >= 15 is 0 Å². The van der Waals surface area contributed by atoms with Gasteiger partial charge in [-0.05, 0) is 33.4 Å². The average Bonchev–Trinajstić information content (AvgIpc) is 4.42. The van der Waals surface area contributed by atoms with Crippen LogP contribution in [0.2, 0.25) is 0 Å². The van der Waals surface area contributed by atoms with Crippen LogP contribution in [0.15, 0.2) is 194 Å². The van der Waals surface area contributed by atoms with Gasteiger partial charge in [-0.2, -0.15) is 0 Å². The van der Waals surface area contributed by atoms with Crippen LogP contribution in [0.5, 0.6) is 0 Å². The molecule has 0 amide bonds. The monoisotopic (exact) mass is 1070 g/mol. The minimum absolute atomic E-state index is 0.0118. The molecule has 4 aliphatic rings. The highest BCUT2D eigenvalue weighted by Crippen LogP contribution is 2.37. The fourth-order valence-electron chi connectivity index (χ4n) is 9.97. The van der Waals surface area contributed by atoms with Gasteiger partial charge in [0.15, 0.2) is 18.9 Å². The third kappa shape index (κ3) is 14.7. The maximum Gasteiger partial charge on any atom is 0.187 e. The van der Waals surface area contributed by atoms with Gasteiger partial charge in [-0.25, -0.2) is 0 Å². The van der Waals surface area contributed by atoms with Crippen molar-refractivity contribution < 1.29 is 72.5 Å². The summed E-state index contributed by atoms with van der Waals surface area (Å²) < 4.78 is 74.8. The average molecular weight is 1070 g/mol. The van der Waals surface area contributed by atoms with E-state index in [2.05, 4.69) is 0 Å². The molecule has 0 spiro atoms. The van der Waals surface area contributed by atoms with E-state index in [0.717, 1.165) is 33.4 Å². The lowest BCUT2D eigenvalue weighted by molar-refractivity contribution is -0.379. The van der Waals surface area contributed by atoms with Crippen LogP contribution in [-0.2, 0) is 91.7 Å². The molecule has 0 bridgehead atoms. The second-order valence-corrected chi connectivity index (χ2v) is 19.8. The van der Waals surface area contributed by atoms with Crippen molar-refractivity contribution in [1.82, 2.24) is 4.90 Å². The molecule has 10 rings (SSSR count). The van der Waals surface area contributed by atoms with Gasteiger partial charge >= 0.3 is 0 Å². The first-order valence-corrected chi connectivity index (χ1v) is 26.6. The van der Waals surface area contributed by atoms with Crippen LogP contribution in [0, 0.1) is 0 Å². The van der Waals surface area contributed by atoms with Gasteiger partial charge in [-0.15, -0.1) is 0 Å². The molecule has 0 aromatic heterocycles. The Morgan fingerprint density at radius 3 is 1.21 bits per heavy atom. The van der Waals surface area contributed by atoms with Crippen LogP contribution in [-0.4, -0.2) is 137 Å². The first-order valence-electron chi connectivity index (χ1n) is 26.6. The molecule has 412 valence electrons. The summed E-state index contributed by atoms with van der Waals surface area (Å²) in [6.45, 7) is 0.0882. The van der Waals surface area contributed by atoms with E-state index in [4.69, 9.17) is 52.1 Å². The van der Waals surface area contributed by atoms with Crippen molar-refractivity contribution in [2.75, 3.05) is 19.8 Å². The standard InChI is InChI=1S/C62H69NO15/c64-33-48-52(65)54(67)51(63-31-32-63)60(75-48)74-41-49-53(66)56(69-35-43-21-9-2-10-22-43)58(71-37-45-25-13-4-14-26-45)62(76-49)78-55-50(40-68-34-42-19-7-1-8-20-42)77-61(73-39-47-29-17-6-18-30-47)59(72-38-46-27-15-5-16-28-46)57(55)70-36-44-23-11-3-12-24-44/h1-32,48-62,64-67H,33-41H2. The molecular weight excluding hydrogens is 999 g/mol. The minimum atomic E-state index is -1.39. The van der Waals surface area contributed by atoms with Gasteiger partial charge in [-0.3, -0.25) is 0 Å². The Balaban J connectivity index is 1.03. The van der Waals surface area contributed by atoms with Crippen LogP contribution < -0.4 is 0 Å². The Labute approximate surface area is 455 Å². The third-order valence-electron chi connectivity index (χ3n) is 14.2. The van der Waals surface area contributed by atoms with Crippen molar-refractivity contribution in [3.8, 4) is 0 Å². The summed E-state index contributed by atoms with van der Waals surface area (Å²) in [5, 5.41) is 44.9. The molecule has 4 heterocycles. The van der Waals surface area contributed by atoms with Crippen LogP contribution in [0.25, 0.3) is 0 Å². The molecule has 16 heteroatoms. The number of aliphatic hydroxyl groups excluding tert-OH is 4. The maximum atomic E-state index is 12.6. The van der Waals surface area contributed by atoms with E-state index < -0.39 is 98.7 Å². The van der Waals surface area contributed by atoms with Gasteiger partial charge in [0, 0.05) is 12.4 Å². The molecule has 4 aliphatic heterocycles. The zero-order valence-corrected chi connectivity index (χ0v) is 43.2. The minimum Gasteiger partial charge on any atom is -0.394 e. The fourth-order valence-corrected chi connectivity index (χ4v) is 9.97.